The molecule has 0 N–H and O–H groups in total. The summed E-state index contributed by atoms with van der Waals surface area (Å²) in [7, 11) is 0. The summed E-state index contributed by atoms with van der Waals surface area (Å²) in [5, 5.41) is 7.13. The van der Waals surface area contributed by atoms with Gasteiger partial charge in [0, 0.05) is 33.4 Å². The normalized spacial score (nSPS) is 14.8. The van der Waals surface area contributed by atoms with E-state index in [1.807, 2.05) is 12.3 Å². The standard InChI is InChI=1S/C50H36N2/c1-49(2)41-14-8-7-13-35(41)39-27-40-36-20-18-32(26-42(36)50(3,4)44(40)28-43(39)49)33-22-23-38(46-34-12-6-5-10-29(34)17-21-37(33)46)45-24-19-31-16-15-30-11-9-25-51-47(30)48(31)52-45/h5-28H,1-4H3. The van der Waals surface area contributed by atoms with Gasteiger partial charge in [-0.25, -0.2) is 4.98 Å². The lowest BCUT2D eigenvalue weighted by Crippen LogP contribution is -2.18. The van der Waals surface area contributed by atoms with Gasteiger partial charge in [-0.3, -0.25) is 4.98 Å². The first-order chi connectivity index (χ1) is 25.3. The summed E-state index contributed by atoms with van der Waals surface area (Å²) in [5.41, 5.74) is 17.4. The molecular formula is C50H36N2. The molecule has 2 heterocycles. The van der Waals surface area contributed by atoms with Crippen molar-refractivity contribution in [1.82, 2.24) is 9.97 Å². The van der Waals surface area contributed by atoms with Crippen LogP contribution in [0.1, 0.15) is 49.9 Å². The lowest BCUT2D eigenvalue weighted by Gasteiger charge is -2.26. The third-order valence-electron chi connectivity index (χ3n) is 12.3. The lowest BCUT2D eigenvalue weighted by molar-refractivity contribution is 0.639. The molecule has 0 bridgehead atoms. The van der Waals surface area contributed by atoms with Gasteiger partial charge in [-0.05, 0) is 101 Å². The molecule has 0 amide bonds. The summed E-state index contributed by atoms with van der Waals surface area (Å²) in [6.45, 7) is 9.56. The first kappa shape index (κ1) is 29.6. The molecule has 0 radical (unpaired) electrons. The number of benzene rings is 7. The largest absolute Gasteiger partial charge is 0.254 e. The van der Waals surface area contributed by atoms with Crippen molar-refractivity contribution in [1.29, 1.82) is 0 Å². The van der Waals surface area contributed by atoms with Crippen LogP contribution >= 0.6 is 0 Å². The highest BCUT2D eigenvalue weighted by Crippen LogP contribution is 2.56. The van der Waals surface area contributed by atoms with E-state index in [1.54, 1.807) is 0 Å². The molecule has 7 aromatic carbocycles. The third kappa shape index (κ3) is 3.90. The van der Waals surface area contributed by atoms with Gasteiger partial charge in [0.2, 0.25) is 0 Å². The second-order valence-corrected chi connectivity index (χ2v) is 15.8. The van der Waals surface area contributed by atoms with Gasteiger partial charge in [0.15, 0.2) is 0 Å². The van der Waals surface area contributed by atoms with Crippen molar-refractivity contribution in [3.05, 3.63) is 168 Å². The Kier molecular flexibility index (Phi) is 5.83. The van der Waals surface area contributed by atoms with E-state index in [1.165, 1.54) is 77.2 Å². The van der Waals surface area contributed by atoms with E-state index in [2.05, 4.69) is 161 Å². The Bertz CT molecular complexity index is 3020. The van der Waals surface area contributed by atoms with Crippen molar-refractivity contribution in [3.8, 4) is 44.6 Å². The molecule has 0 atom stereocenters. The average Bonchev–Trinajstić information content (AvgIpc) is 3.55. The number of hydrogen-bond acceptors (Lipinski definition) is 2. The zero-order valence-electron chi connectivity index (χ0n) is 29.8. The molecule has 246 valence electrons. The third-order valence-corrected chi connectivity index (χ3v) is 12.3. The van der Waals surface area contributed by atoms with Crippen LogP contribution in [0, 0.1) is 0 Å². The van der Waals surface area contributed by atoms with Gasteiger partial charge in [0.1, 0.15) is 0 Å². The van der Waals surface area contributed by atoms with E-state index in [-0.39, 0.29) is 10.8 Å². The first-order valence-corrected chi connectivity index (χ1v) is 18.3. The van der Waals surface area contributed by atoms with Crippen molar-refractivity contribution in [3.63, 3.8) is 0 Å². The Morgan fingerprint density at radius 1 is 0.404 bits per heavy atom. The summed E-state index contributed by atoms with van der Waals surface area (Å²) in [5.74, 6) is 0. The highest BCUT2D eigenvalue weighted by Gasteiger charge is 2.41. The van der Waals surface area contributed by atoms with Crippen LogP contribution in [-0.4, -0.2) is 9.97 Å². The van der Waals surface area contributed by atoms with Crippen LogP contribution in [0.15, 0.2) is 146 Å². The molecular weight excluding hydrogens is 629 g/mol. The van der Waals surface area contributed by atoms with E-state index < -0.39 is 0 Å². The number of rotatable bonds is 2. The summed E-state index contributed by atoms with van der Waals surface area (Å²) in [4.78, 5) is 10.0. The summed E-state index contributed by atoms with van der Waals surface area (Å²) < 4.78 is 0. The maximum Gasteiger partial charge on any atom is 0.0972 e. The summed E-state index contributed by atoms with van der Waals surface area (Å²) >= 11 is 0. The molecule has 0 spiro atoms. The fourth-order valence-electron chi connectivity index (χ4n) is 9.56. The van der Waals surface area contributed by atoms with Gasteiger partial charge < -0.3 is 0 Å². The molecule has 2 aliphatic carbocycles. The molecule has 2 aromatic heterocycles. The van der Waals surface area contributed by atoms with Crippen LogP contribution in [0.3, 0.4) is 0 Å². The predicted molar refractivity (Wildman–Crippen MR) is 218 cm³/mol. The van der Waals surface area contributed by atoms with Crippen molar-refractivity contribution >= 4 is 43.4 Å². The minimum atomic E-state index is -0.130. The molecule has 2 aliphatic rings. The Labute approximate surface area is 303 Å². The van der Waals surface area contributed by atoms with Crippen LogP contribution in [0.2, 0.25) is 0 Å². The van der Waals surface area contributed by atoms with Gasteiger partial charge in [0.25, 0.3) is 0 Å². The number of nitrogens with zero attached hydrogens (tertiary/aromatic N) is 2. The van der Waals surface area contributed by atoms with Crippen LogP contribution in [0.5, 0.6) is 0 Å². The molecule has 2 nitrogen and oxygen atoms in total. The Hall–Kier alpha value is -6.12. The molecule has 0 saturated carbocycles. The van der Waals surface area contributed by atoms with Crippen molar-refractivity contribution in [2.24, 2.45) is 0 Å². The maximum absolute atomic E-state index is 5.31. The van der Waals surface area contributed by atoms with Gasteiger partial charge in [-0.2, -0.15) is 0 Å². The molecule has 0 unspecified atom stereocenters. The second kappa shape index (κ2) is 10.2. The van der Waals surface area contributed by atoms with E-state index in [0.717, 1.165) is 33.1 Å². The fraction of sp³-hybridized carbons (Fsp3) is 0.120. The average molecular weight is 665 g/mol. The van der Waals surface area contributed by atoms with E-state index >= 15 is 0 Å². The molecule has 52 heavy (non-hydrogen) atoms. The number of aromatic nitrogens is 2. The minimum Gasteiger partial charge on any atom is -0.254 e. The first-order valence-electron chi connectivity index (χ1n) is 18.3. The summed E-state index contributed by atoms with van der Waals surface area (Å²) in [6, 6.07) is 51.8. The molecule has 11 rings (SSSR count). The molecule has 9 aromatic rings. The molecule has 0 fully saturated rings. The number of pyridine rings is 2. The van der Waals surface area contributed by atoms with Crippen molar-refractivity contribution in [2.45, 2.75) is 38.5 Å². The highest BCUT2D eigenvalue weighted by atomic mass is 14.8. The Balaban J connectivity index is 1.11. The topological polar surface area (TPSA) is 25.8 Å². The van der Waals surface area contributed by atoms with Gasteiger partial charge in [0.05, 0.1) is 16.7 Å². The minimum absolute atomic E-state index is 0.0239. The summed E-state index contributed by atoms with van der Waals surface area (Å²) in [6.07, 6.45) is 1.86. The molecule has 0 aliphatic heterocycles. The van der Waals surface area contributed by atoms with Crippen molar-refractivity contribution in [2.75, 3.05) is 0 Å². The van der Waals surface area contributed by atoms with Gasteiger partial charge in [-0.15, -0.1) is 0 Å². The second-order valence-electron chi connectivity index (χ2n) is 15.8. The Morgan fingerprint density at radius 3 is 1.90 bits per heavy atom. The van der Waals surface area contributed by atoms with Gasteiger partial charge in [-0.1, -0.05) is 143 Å². The zero-order valence-corrected chi connectivity index (χ0v) is 29.8. The predicted octanol–water partition coefficient (Wildman–Crippen LogP) is 13.0. The smallest absolute Gasteiger partial charge is 0.0972 e. The van der Waals surface area contributed by atoms with Gasteiger partial charge >= 0.3 is 0 Å². The SMILES string of the molecule is CC1(C)c2ccccc2-c2cc3c(cc21)C(C)(C)c1cc(-c2ccc(-c4ccc5ccc6cccnc6c5n4)c4c2ccc2ccccc24)ccc1-3. The number of hydrogen-bond donors (Lipinski definition) is 0. The molecule has 2 heteroatoms. The van der Waals surface area contributed by atoms with Crippen LogP contribution in [0.4, 0.5) is 0 Å². The Morgan fingerprint density at radius 2 is 1.04 bits per heavy atom. The fourth-order valence-corrected chi connectivity index (χ4v) is 9.56. The van der Waals surface area contributed by atoms with E-state index in [9.17, 15) is 0 Å². The monoisotopic (exact) mass is 664 g/mol. The zero-order chi connectivity index (χ0) is 34.9. The highest BCUT2D eigenvalue weighted by molar-refractivity contribution is 6.18. The number of fused-ring (bicyclic) bond motifs is 12. The molecule has 0 saturated heterocycles. The van der Waals surface area contributed by atoms with E-state index in [4.69, 9.17) is 9.97 Å². The van der Waals surface area contributed by atoms with E-state index in [0.29, 0.717) is 0 Å². The van der Waals surface area contributed by atoms with Crippen molar-refractivity contribution < 1.29 is 0 Å². The van der Waals surface area contributed by atoms with Crippen LogP contribution < -0.4 is 0 Å². The maximum atomic E-state index is 5.31. The lowest BCUT2D eigenvalue weighted by atomic mass is 9.77. The van der Waals surface area contributed by atoms with Crippen LogP contribution in [0.25, 0.3) is 88.0 Å². The quantitative estimate of drug-likeness (QED) is 0.172. The van der Waals surface area contributed by atoms with Crippen LogP contribution in [-0.2, 0) is 10.8 Å².